The van der Waals surface area contributed by atoms with Crippen molar-refractivity contribution in [3.63, 3.8) is 0 Å². The van der Waals surface area contributed by atoms with Gasteiger partial charge >= 0.3 is 6.09 Å². The first-order chi connectivity index (χ1) is 13.4. The highest BCUT2D eigenvalue weighted by atomic mass is 16.6. The zero-order valence-electron chi connectivity index (χ0n) is 17.3. The van der Waals surface area contributed by atoms with Gasteiger partial charge in [-0.15, -0.1) is 0 Å². The Morgan fingerprint density at radius 1 is 1.28 bits per heavy atom. The van der Waals surface area contributed by atoms with Crippen LogP contribution in [0.2, 0.25) is 0 Å². The van der Waals surface area contributed by atoms with E-state index in [9.17, 15) is 9.59 Å². The quantitative estimate of drug-likeness (QED) is 0.445. The van der Waals surface area contributed by atoms with Gasteiger partial charge in [0.15, 0.2) is 0 Å². The molecular formula is C20H30N4O5. The molecule has 0 spiro atoms. The van der Waals surface area contributed by atoms with Crippen molar-refractivity contribution in [1.82, 2.24) is 10.2 Å². The van der Waals surface area contributed by atoms with Crippen molar-refractivity contribution in [2.45, 2.75) is 58.7 Å². The van der Waals surface area contributed by atoms with Crippen molar-refractivity contribution < 1.29 is 24.2 Å². The van der Waals surface area contributed by atoms with Gasteiger partial charge in [0, 0.05) is 25.6 Å². The molecule has 1 aromatic rings. The molecule has 1 aliphatic heterocycles. The van der Waals surface area contributed by atoms with E-state index in [1.807, 2.05) is 12.1 Å². The minimum atomic E-state index is -0.833. The van der Waals surface area contributed by atoms with Gasteiger partial charge in [-0.3, -0.25) is 19.9 Å². The summed E-state index contributed by atoms with van der Waals surface area (Å²) in [5.41, 5.74) is 6.38. The van der Waals surface area contributed by atoms with Crippen molar-refractivity contribution in [1.29, 1.82) is 5.41 Å². The smallest absolute Gasteiger partial charge is 0.410 e. The molecule has 9 heteroatoms. The largest absolute Gasteiger partial charge is 0.481 e. The van der Waals surface area contributed by atoms with Crippen LogP contribution in [0.1, 0.15) is 51.7 Å². The second-order valence-corrected chi connectivity index (χ2v) is 7.68. The summed E-state index contributed by atoms with van der Waals surface area (Å²) in [6.45, 7) is 7.39. The van der Waals surface area contributed by atoms with Gasteiger partial charge in [0.05, 0.1) is 0 Å². The molecular weight excluding hydrogens is 376 g/mol. The second-order valence-electron chi connectivity index (χ2n) is 7.68. The van der Waals surface area contributed by atoms with Crippen molar-refractivity contribution in [3.05, 3.63) is 35.4 Å². The van der Waals surface area contributed by atoms with Gasteiger partial charge in [-0.25, -0.2) is 4.79 Å². The lowest BCUT2D eigenvalue weighted by Crippen LogP contribution is -2.47. The molecule has 0 radical (unpaired) electrons. The predicted molar refractivity (Wildman–Crippen MR) is 109 cm³/mol. The number of nitrogens with zero attached hydrogens (tertiary/aromatic N) is 1. The number of hydrogen-bond acceptors (Lipinski definition) is 5. The number of carboxylic acid groups (broad SMARTS) is 1. The van der Waals surface area contributed by atoms with E-state index in [2.05, 4.69) is 5.32 Å². The summed E-state index contributed by atoms with van der Waals surface area (Å²) in [4.78, 5) is 35.2. The number of amides is 2. The molecule has 9 nitrogen and oxygen atoms in total. The molecule has 0 unspecified atom stereocenters. The lowest BCUT2D eigenvalue weighted by Gasteiger charge is -2.28. The second kappa shape index (κ2) is 10.4. The van der Waals surface area contributed by atoms with E-state index in [0.29, 0.717) is 25.1 Å². The van der Waals surface area contributed by atoms with E-state index in [0.717, 1.165) is 18.9 Å². The van der Waals surface area contributed by atoms with E-state index in [1.54, 1.807) is 32.9 Å². The molecule has 29 heavy (non-hydrogen) atoms. The van der Waals surface area contributed by atoms with E-state index in [1.165, 1.54) is 4.90 Å². The Hall–Kier alpha value is -3.10. The molecule has 1 saturated heterocycles. The van der Waals surface area contributed by atoms with Crippen LogP contribution in [0.4, 0.5) is 4.79 Å². The number of amidine groups is 1. The average Bonchev–Trinajstić information content (AvgIpc) is 3.08. The summed E-state index contributed by atoms with van der Waals surface area (Å²) in [6, 6.07) is 6.62. The third kappa shape index (κ3) is 8.63. The Morgan fingerprint density at radius 3 is 2.31 bits per heavy atom. The Labute approximate surface area is 170 Å². The zero-order valence-corrected chi connectivity index (χ0v) is 17.3. The highest BCUT2D eigenvalue weighted by molar-refractivity contribution is 5.94. The number of likely N-dealkylation sites (tertiary alicyclic amines) is 1. The molecule has 1 aliphatic rings. The van der Waals surface area contributed by atoms with Gasteiger partial charge < -0.3 is 20.9 Å². The molecule has 2 amide bonds. The lowest BCUT2D eigenvalue weighted by atomic mass is 10.1. The van der Waals surface area contributed by atoms with Crippen molar-refractivity contribution >= 4 is 23.8 Å². The molecule has 2 rings (SSSR count). The summed E-state index contributed by atoms with van der Waals surface area (Å²) < 4.78 is 5.38. The molecule has 0 aliphatic carbocycles. The summed E-state index contributed by atoms with van der Waals surface area (Å²) in [6.07, 6.45) is 0.967. The van der Waals surface area contributed by atoms with Crippen LogP contribution < -0.4 is 11.1 Å². The molecule has 1 atom stereocenters. The van der Waals surface area contributed by atoms with Gasteiger partial charge in [-0.05, 0) is 39.2 Å². The van der Waals surface area contributed by atoms with Crippen molar-refractivity contribution in [2.75, 3.05) is 6.54 Å². The number of aliphatic carboxylic acids is 1. The maximum atomic E-state index is 12.5. The number of carbonyl (C=O) groups is 3. The first kappa shape index (κ1) is 23.9. The van der Waals surface area contributed by atoms with Crippen molar-refractivity contribution in [3.8, 4) is 0 Å². The Kier molecular flexibility index (Phi) is 8.62. The fraction of sp³-hybridized carbons (Fsp3) is 0.500. The van der Waals surface area contributed by atoms with Crippen LogP contribution in [0.5, 0.6) is 0 Å². The maximum Gasteiger partial charge on any atom is 0.410 e. The third-order valence-corrected chi connectivity index (χ3v) is 3.92. The van der Waals surface area contributed by atoms with Crippen LogP contribution in [-0.4, -0.2) is 52.0 Å². The summed E-state index contributed by atoms with van der Waals surface area (Å²) >= 11 is 0. The first-order valence-electron chi connectivity index (χ1n) is 9.31. The molecule has 0 aromatic heterocycles. The van der Waals surface area contributed by atoms with Crippen LogP contribution in [-0.2, 0) is 20.9 Å². The SMILES string of the molecule is CC(=O)O.CC(C)(C)OC(=O)N1CCC[C@H]1C(=O)NCc1ccc(C(=N)N)cc1. The summed E-state index contributed by atoms with van der Waals surface area (Å²) in [5.74, 6) is -1.01. The van der Waals surface area contributed by atoms with Crippen LogP contribution in [0.3, 0.4) is 0 Å². The number of hydrogen-bond donors (Lipinski definition) is 4. The number of nitrogens with two attached hydrogens (primary N) is 1. The number of carbonyl (C=O) groups excluding carboxylic acids is 2. The lowest BCUT2D eigenvalue weighted by molar-refractivity contribution is -0.134. The number of carboxylic acids is 1. The third-order valence-electron chi connectivity index (χ3n) is 3.92. The molecule has 1 aromatic carbocycles. The number of benzene rings is 1. The monoisotopic (exact) mass is 406 g/mol. The van der Waals surface area contributed by atoms with E-state index < -0.39 is 23.7 Å². The van der Waals surface area contributed by atoms with Gasteiger partial charge in [0.2, 0.25) is 5.91 Å². The average molecular weight is 406 g/mol. The fourth-order valence-corrected chi connectivity index (χ4v) is 2.69. The number of nitrogens with one attached hydrogen (secondary N) is 2. The highest BCUT2D eigenvalue weighted by Gasteiger charge is 2.36. The van der Waals surface area contributed by atoms with Crippen LogP contribution in [0.15, 0.2) is 24.3 Å². The molecule has 0 saturated carbocycles. The summed E-state index contributed by atoms with van der Waals surface area (Å²) in [5, 5.41) is 17.7. The van der Waals surface area contributed by atoms with Crippen LogP contribution in [0.25, 0.3) is 0 Å². The first-order valence-corrected chi connectivity index (χ1v) is 9.31. The standard InChI is InChI=1S/C18H26N4O3.C2H4O2/c1-18(2,3)25-17(24)22-10-4-5-14(22)16(23)21-11-12-6-8-13(9-7-12)15(19)20;1-2(3)4/h6-9,14H,4-5,10-11H2,1-3H3,(H3,19,20)(H,21,23);1H3,(H,3,4)/t14-;/m0./s1. The molecule has 5 N–H and O–H groups in total. The number of nitrogen functional groups attached to an aromatic ring is 1. The minimum absolute atomic E-state index is 0.00884. The zero-order chi connectivity index (χ0) is 22.2. The van der Waals surface area contributed by atoms with Gasteiger partial charge in [-0.2, -0.15) is 0 Å². The summed E-state index contributed by atoms with van der Waals surface area (Å²) in [7, 11) is 0. The number of rotatable bonds is 4. The number of ether oxygens (including phenoxy) is 1. The minimum Gasteiger partial charge on any atom is -0.481 e. The van der Waals surface area contributed by atoms with E-state index in [-0.39, 0.29) is 11.7 Å². The normalized spacial score (nSPS) is 15.7. The van der Waals surface area contributed by atoms with Crippen LogP contribution >= 0.6 is 0 Å². The highest BCUT2D eigenvalue weighted by Crippen LogP contribution is 2.21. The molecule has 1 fully saturated rings. The maximum absolute atomic E-state index is 12.5. The van der Waals surface area contributed by atoms with Crippen LogP contribution in [0, 0.1) is 5.41 Å². The van der Waals surface area contributed by atoms with E-state index in [4.69, 9.17) is 25.8 Å². The fourth-order valence-electron chi connectivity index (χ4n) is 2.69. The molecule has 1 heterocycles. The van der Waals surface area contributed by atoms with Gasteiger partial charge in [-0.1, -0.05) is 24.3 Å². The Bertz CT molecular complexity index is 736. The Morgan fingerprint density at radius 2 is 1.83 bits per heavy atom. The van der Waals surface area contributed by atoms with Crippen molar-refractivity contribution in [2.24, 2.45) is 5.73 Å². The van der Waals surface area contributed by atoms with Gasteiger partial charge in [0.1, 0.15) is 17.5 Å². The topological polar surface area (TPSA) is 146 Å². The predicted octanol–water partition coefficient (Wildman–Crippen LogP) is 2.08. The Balaban J connectivity index is 0.000000960. The molecule has 0 bridgehead atoms. The van der Waals surface area contributed by atoms with Gasteiger partial charge in [0.25, 0.3) is 5.97 Å². The van der Waals surface area contributed by atoms with E-state index >= 15 is 0 Å². The molecule has 160 valence electrons.